The number of aliphatic hydroxyl groups is 1. The van der Waals surface area contributed by atoms with Gasteiger partial charge in [-0.15, -0.1) is 11.3 Å². The molecule has 2 aromatic rings. The van der Waals surface area contributed by atoms with Crippen LogP contribution in [0.4, 0.5) is 0 Å². The molecule has 2 aromatic heterocycles. The average molecular weight is 291 g/mol. The second-order valence-corrected chi connectivity index (χ2v) is 5.26. The molecule has 0 aliphatic heterocycles. The highest BCUT2D eigenvalue weighted by molar-refractivity contribution is 7.17. The summed E-state index contributed by atoms with van der Waals surface area (Å²) in [5.41, 5.74) is 1.47. The van der Waals surface area contributed by atoms with Gasteiger partial charge in [0.05, 0.1) is 18.0 Å². The number of nitrogens with zero attached hydrogens (tertiary/aromatic N) is 3. The van der Waals surface area contributed by atoms with Gasteiger partial charge < -0.3 is 10.0 Å². The van der Waals surface area contributed by atoms with Crippen LogP contribution in [0.2, 0.25) is 0 Å². The molecule has 5 nitrogen and oxygen atoms in total. The number of rotatable bonds is 5. The van der Waals surface area contributed by atoms with E-state index in [1.54, 1.807) is 11.1 Å². The van der Waals surface area contributed by atoms with Crippen molar-refractivity contribution in [3.63, 3.8) is 0 Å². The second-order valence-electron chi connectivity index (χ2n) is 4.26. The lowest BCUT2D eigenvalue weighted by atomic mass is 10.3. The van der Waals surface area contributed by atoms with Crippen LogP contribution >= 0.6 is 11.3 Å². The van der Waals surface area contributed by atoms with E-state index in [2.05, 4.69) is 9.97 Å². The van der Waals surface area contributed by atoms with Gasteiger partial charge in [0.25, 0.3) is 5.91 Å². The van der Waals surface area contributed by atoms with E-state index in [1.807, 2.05) is 32.0 Å². The van der Waals surface area contributed by atoms with Crippen LogP contribution in [-0.2, 0) is 0 Å². The lowest BCUT2D eigenvalue weighted by Crippen LogP contribution is -2.33. The fourth-order valence-electron chi connectivity index (χ4n) is 1.86. The molecule has 0 spiro atoms. The van der Waals surface area contributed by atoms with Crippen LogP contribution in [0.15, 0.2) is 24.4 Å². The number of carbonyl (C=O) groups excluding carboxylic acids is 1. The second kappa shape index (κ2) is 6.58. The first-order valence-electron chi connectivity index (χ1n) is 6.46. The molecule has 2 rings (SSSR count). The quantitative estimate of drug-likeness (QED) is 0.914. The Hall–Kier alpha value is -1.79. The zero-order chi connectivity index (χ0) is 14.5. The van der Waals surface area contributed by atoms with Crippen molar-refractivity contribution in [1.29, 1.82) is 0 Å². The summed E-state index contributed by atoms with van der Waals surface area (Å²) in [6.45, 7) is 4.58. The number of hydrogen-bond acceptors (Lipinski definition) is 5. The van der Waals surface area contributed by atoms with Crippen molar-refractivity contribution in [2.24, 2.45) is 0 Å². The topological polar surface area (TPSA) is 66.3 Å². The molecular formula is C14H17N3O2S. The summed E-state index contributed by atoms with van der Waals surface area (Å²) in [5, 5.41) is 9.74. The molecule has 0 bridgehead atoms. The molecule has 1 N–H and O–H groups in total. The molecule has 0 atom stereocenters. The Balaban J connectivity index is 2.30. The predicted octanol–water partition coefficient (Wildman–Crippen LogP) is 1.97. The van der Waals surface area contributed by atoms with Gasteiger partial charge in [0.15, 0.2) is 0 Å². The minimum absolute atomic E-state index is 0.0372. The predicted molar refractivity (Wildman–Crippen MR) is 78.7 cm³/mol. The molecule has 0 aliphatic carbocycles. The van der Waals surface area contributed by atoms with Crippen LogP contribution in [0.5, 0.6) is 0 Å². The number of amides is 1. The summed E-state index contributed by atoms with van der Waals surface area (Å²) in [7, 11) is 0. The third-order valence-electron chi connectivity index (χ3n) is 2.91. The summed E-state index contributed by atoms with van der Waals surface area (Å²) in [4.78, 5) is 23.3. The number of aryl methyl sites for hydroxylation is 1. The smallest absolute Gasteiger partial charge is 0.265 e. The summed E-state index contributed by atoms with van der Waals surface area (Å²) in [6.07, 6.45) is 1.71. The van der Waals surface area contributed by atoms with Crippen LogP contribution in [0.3, 0.4) is 0 Å². The molecule has 0 radical (unpaired) electrons. The fourth-order valence-corrected chi connectivity index (χ4v) is 2.87. The van der Waals surface area contributed by atoms with E-state index in [1.165, 1.54) is 11.3 Å². The molecule has 2 heterocycles. The normalized spacial score (nSPS) is 10.6. The first-order chi connectivity index (χ1) is 9.67. The summed E-state index contributed by atoms with van der Waals surface area (Å²) < 4.78 is 0. The number of carbonyl (C=O) groups is 1. The number of aromatic nitrogens is 2. The van der Waals surface area contributed by atoms with Crippen LogP contribution in [-0.4, -0.2) is 45.6 Å². The van der Waals surface area contributed by atoms with Crippen molar-refractivity contribution in [3.8, 4) is 10.7 Å². The van der Waals surface area contributed by atoms with Crippen molar-refractivity contribution >= 4 is 17.2 Å². The number of aliphatic hydroxyl groups excluding tert-OH is 1. The van der Waals surface area contributed by atoms with Gasteiger partial charge in [-0.05, 0) is 26.0 Å². The Morgan fingerprint density at radius 2 is 2.25 bits per heavy atom. The van der Waals surface area contributed by atoms with E-state index in [9.17, 15) is 4.79 Å². The Morgan fingerprint density at radius 3 is 2.85 bits per heavy atom. The number of thiazole rings is 1. The number of hydrogen-bond donors (Lipinski definition) is 1. The third kappa shape index (κ3) is 3.02. The summed E-state index contributed by atoms with van der Waals surface area (Å²) in [6, 6.07) is 5.61. The molecule has 0 saturated heterocycles. The SMILES string of the molecule is CCN(CCO)C(=O)c1sc(-c2ccccn2)nc1C. The van der Waals surface area contributed by atoms with Gasteiger partial charge in [0.2, 0.25) is 0 Å². The van der Waals surface area contributed by atoms with E-state index < -0.39 is 0 Å². The highest BCUT2D eigenvalue weighted by Crippen LogP contribution is 2.27. The zero-order valence-electron chi connectivity index (χ0n) is 11.5. The first-order valence-corrected chi connectivity index (χ1v) is 7.28. The minimum Gasteiger partial charge on any atom is -0.395 e. The molecule has 0 aliphatic rings. The summed E-state index contributed by atoms with van der Waals surface area (Å²) in [5.74, 6) is -0.0845. The summed E-state index contributed by atoms with van der Waals surface area (Å²) >= 11 is 1.34. The van der Waals surface area contributed by atoms with Gasteiger partial charge in [-0.2, -0.15) is 0 Å². The lowest BCUT2D eigenvalue weighted by Gasteiger charge is -2.18. The molecule has 0 unspecified atom stereocenters. The van der Waals surface area contributed by atoms with Crippen molar-refractivity contribution in [1.82, 2.24) is 14.9 Å². The maximum absolute atomic E-state index is 12.4. The lowest BCUT2D eigenvalue weighted by molar-refractivity contribution is 0.0736. The molecule has 0 aromatic carbocycles. The Morgan fingerprint density at radius 1 is 1.45 bits per heavy atom. The van der Waals surface area contributed by atoms with Crippen molar-refractivity contribution in [2.75, 3.05) is 19.7 Å². The largest absolute Gasteiger partial charge is 0.395 e. The number of pyridine rings is 1. The Kier molecular flexibility index (Phi) is 4.81. The van der Waals surface area contributed by atoms with E-state index in [4.69, 9.17) is 5.11 Å². The van der Waals surface area contributed by atoms with Crippen LogP contribution in [0.1, 0.15) is 22.3 Å². The monoisotopic (exact) mass is 291 g/mol. The first kappa shape index (κ1) is 14.6. The van der Waals surface area contributed by atoms with Crippen molar-refractivity contribution in [2.45, 2.75) is 13.8 Å². The molecule has 0 saturated carbocycles. The minimum atomic E-state index is -0.0845. The van der Waals surface area contributed by atoms with Gasteiger partial charge in [0, 0.05) is 19.3 Å². The highest BCUT2D eigenvalue weighted by atomic mass is 32.1. The van der Waals surface area contributed by atoms with Gasteiger partial charge in [0.1, 0.15) is 9.88 Å². The third-order valence-corrected chi connectivity index (χ3v) is 4.08. The van der Waals surface area contributed by atoms with Gasteiger partial charge in [-0.3, -0.25) is 9.78 Å². The molecular weight excluding hydrogens is 274 g/mol. The van der Waals surface area contributed by atoms with Crippen LogP contribution < -0.4 is 0 Å². The van der Waals surface area contributed by atoms with Crippen LogP contribution in [0.25, 0.3) is 10.7 Å². The van der Waals surface area contributed by atoms with Gasteiger partial charge in [-0.1, -0.05) is 6.07 Å². The van der Waals surface area contributed by atoms with Crippen molar-refractivity contribution < 1.29 is 9.90 Å². The molecule has 106 valence electrons. The molecule has 0 fully saturated rings. The zero-order valence-corrected chi connectivity index (χ0v) is 12.4. The van der Waals surface area contributed by atoms with Crippen LogP contribution in [0, 0.1) is 6.92 Å². The van der Waals surface area contributed by atoms with Crippen molar-refractivity contribution in [3.05, 3.63) is 35.0 Å². The molecule has 20 heavy (non-hydrogen) atoms. The van der Waals surface area contributed by atoms with E-state index in [-0.39, 0.29) is 12.5 Å². The highest BCUT2D eigenvalue weighted by Gasteiger charge is 2.20. The maximum atomic E-state index is 12.4. The fraction of sp³-hybridized carbons (Fsp3) is 0.357. The Labute approximate surface area is 121 Å². The van der Waals surface area contributed by atoms with Gasteiger partial charge in [-0.25, -0.2) is 4.98 Å². The maximum Gasteiger partial charge on any atom is 0.265 e. The van der Waals surface area contributed by atoms with E-state index >= 15 is 0 Å². The average Bonchev–Trinajstić information content (AvgIpc) is 2.87. The number of likely N-dealkylation sites (N-methyl/N-ethyl adjacent to an activating group) is 1. The standard InChI is InChI=1S/C14H17N3O2S/c1-3-17(8-9-18)14(19)12-10(2)16-13(20-12)11-6-4-5-7-15-11/h4-7,18H,3,8-9H2,1-2H3. The Bertz CT molecular complexity index is 583. The van der Waals surface area contributed by atoms with Gasteiger partial charge >= 0.3 is 0 Å². The molecule has 6 heteroatoms. The van der Waals surface area contributed by atoms with E-state index in [0.29, 0.717) is 23.7 Å². The van der Waals surface area contributed by atoms with E-state index in [0.717, 1.165) is 10.7 Å². The molecule has 1 amide bonds.